The van der Waals surface area contributed by atoms with Gasteiger partial charge < -0.3 is 5.32 Å². The highest BCUT2D eigenvalue weighted by molar-refractivity contribution is 5.98. The van der Waals surface area contributed by atoms with Crippen LogP contribution in [0.1, 0.15) is 46.5 Å². The zero-order valence-corrected chi connectivity index (χ0v) is 10.9. The van der Waals surface area contributed by atoms with E-state index in [9.17, 15) is 9.59 Å². The first kappa shape index (κ1) is 12.6. The molecular weight excluding hydrogens is 216 g/mol. The van der Waals surface area contributed by atoms with Gasteiger partial charge in [0, 0.05) is 24.9 Å². The van der Waals surface area contributed by atoms with Crippen LogP contribution in [-0.4, -0.2) is 34.8 Å². The second-order valence-corrected chi connectivity index (χ2v) is 5.67. The van der Waals surface area contributed by atoms with Gasteiger partial charge in [-0.05, 0) is 32.6 Å². The maximum absolute atomic E-state index is 12.0. The van der Waals surface area contributed by atoms with E-state index in [0.29, 0.717) is 18.9 Å². The molecule has 0 aromatic heterocycles. The third-order valence-electron chi connectivity index (χ3n) is 3.94. The topological polar surface area (TPSA) is 49.4 Å². The Morgan fingerprint density at radius 3 is 2.18 bits per heavy atom. The van der Waals surface area contributed by atoms with Gasteiger partial charge in [-0.3, -0.25) is 14.5 Å². The highest BCUT2D eigenvalue weighted by Crippen LogP contribution is 2.26. The molecule has 2 amide bonds. The summed E-state index contributed by atoms with van der Waals surface area (Å²) in [4.78, 5) is 25.6. The van der Waals surface area contributed by atoms with Crippen LogP contribution in [0.2, 0.25) is 0 Å². The smallest absolute Gasteiger partial charge is 0.229 e. The van der Waals surface area contributed by atoms with E-state index < -0.39 is 0 Å². The van der Waals surface area contributed by atoms with Gasteiger partial charge in [-0.2, -0.15) is 0 Å². The fraction of sp³-hybridized carbons (Fsp3) is 0.846. The quantitative estimate of drug-likeness (QED) is 0.701. The fourth-order valence-corrected chi connectivity index (χ4v) is 3.04. The number of carbonyl (C=O) groups is 2. The lowest BCUT2D eigenvalue weighted by atomic mass is 9.90. The van der Waals surface area contributed by atoms with Crippen molar-refractivity contribution >= 4 is 11.8 Å². The zero-order chi connectivity index (χ0) is 12.6. The summed E-state index contributed by atoms with van der Waals surface area (Å²) in [6, 6.07) is 0.744. The summed E-state index contributed by atoms with van der Waals surface area (Å²) in [5, 5.41) is 3.43. The molecule has 0 bridgehead atoms. The van der Waals surface area contributed by atoms with Crippen LogP contribution in [0.25, 0.3) is 0 Å². The molecule has 4 heteroatoms. The van der Waals surface area contributed by atoms with Gasteiger partial charge in [0.2, 0.25) is 11.8 Å². The number of hydrogen-bond donors (Lipinski definition) is 1. The van der Waals surface area contributed by atoms with Crippen LogP contribution in [0.5, 0.6) is 0 Å². The van der Waals surface area contributed by atoms with E-state index in [-0.39, 0.29) is 29.8 Å². The second kappa shape index (κ2) is 4.77. The second-order valence-electron chi connectivity index (χ2n) is 5.67. The minimum atomic E-state index is 0.0157. The van der Waals surface area contributed by atoms with Crippen LogP contribution in [0.3, 0.4) is 0 Å². The van der Waals surface area contributed by atoms with E-state index in [0.717, 1.165) is 12.8 Å². The molecule has 2 fully saturated rings. The lowest BCUT2D eigenvalue weighted by Crippen LogP contribution is -2.59. The molecule has 17 heavy (non-hydrogen) atoms. The number of rotatable bonds is 1. The highest BCUT2D eigenvalue weighted by Gasteiger charge is 2.39. The Kier molecular flexibility index (Phi) is 3.52. The molecule has 0 saturated carbocycles. The summed E-state index contributed by atoms with van der Waals surface area (Å²) in [5.74, 6) is 0.237. The molecular formula is C13H22N2O2. The first-order valence-electron chi connectivity index (χ1n) is 6.60. The largest absolute Gasteiger partial charge is 0.310 e. The molecule has 2 aliphatic heterocycles. The lowest BCUT2D eigenvalue weighted by molar-refractivity contribution is -0.154. The number of imide groups is 1. The molecule has 3 unspecified atom stereocenters. The first-order valence-corrected chi connectivity index (χ1v) is 6.60. The minimum absolute atomic E-state index is 0.0157. The van der Waals surface area contributed by atoms with Gasteiger partial charge in [-0.25, -0.2) is 0 Å². The van der Waals surface area contributed by atoms with Crippen LogP contribution in [0.15, 0.2) is 0 Å². The number of nitrogens with zero attached hydrogens (tertiary/aromatic N) is 1. The minimum Gasteiger partial charge on any atom is -0.310 e. The normalized spacial score (nSPS) is 36.4. The van der Waals surface area contributed by atoms with Gasteiger partial charge in [0.25, 0.3) is 0 Å². The van der Waals surface area contributed by atoms with Crippen LogP contribution in [0, 0.1) is 5.92 Å². The molecule has 1 N–H and O–H groups in total. The molecule has 0 aromatic carbocycles. The maximum Gasteiger partial charge on any atom is 0.229 e. The average Bonchev–Trinajstić information content (AvgIpc) is 2.19. The number of amides is 2. The predicted molar refractivity (Wildman–Crippen MR) is 65.3 cm³/mol. The van der Waals surface area contributed by atoms with E-state index in [1.54, 1.807) is 0 Å². The summed E-state index contributed by atoms with van der Waals surface area (Å²) in [7, 11) is 0. The molecule has 4 nitrogen and oxygen atoms in total. The van der Waals surface area contributed by atoms with Gasteiger partial charge in [0.15, 0.2) is 0 Å². The third kappa shape index (κ3) is 2.51. The highest BCUT2D eigenvalue weighted by atomic mass is 16.2. The molecule has 96 valence electrons. The van der Waals surface area contributed by atoms with Crippen molar-refractivity contribution in [2.24, 2.45) is 5.92 Å². The molecule has 2 heterocycles. The molecule has 0 radical (unpaired) electrons. The van der Waals surface area contributed by atoms with Gasteiger partial charge in [-0.1, -0.05) is 6.92 Å². The Balaban J connectivity index is 2.10. The number of likely N-dealkylation sites (tertiary alicyclic amines) is 1. The zero-order valence-electron chi connectivity index (χ0n) is 10.9. The van der Waals surface area contributed by atoms with Crippen molar-refractivity contribution in [3.63, 3.8) is 0 Å². The van der Waals surface area contributed by atoms with Crippen molar-refractivity contribution in [2.45, 2.75) is 64.6 Å². The maximum atomic E-state index is 12.0. The standard InChI is InChI=1S/C13H22N2O2/c1-8-6-12(16)15(13(17)7-8)11-5-4-9(2)14-10(11)3/h8-11,14H,4-7H2,1-3H3. The van der Waals surface area contributed by atoms with E-state index in [1.807, 2.05) is 6.92 Å². The van der Waals surface area contributed by atoms with Crippen molar-refractivity contribution < 1.29 is 9.59 Å². The average molecular weight is 238 g/mol. The van der Waals surface area contributed by atoms with Crippen molar-refractivity contribution in [3.05, 3.63) is 0 Å². The summed E-state index contributed by atoms with van der Waals surface area (Å²) < 4.78 is 0. The molecule has 2 aliphatic rings. The summed E-state index contributed by atoms with van der Waals surface area (Å²) >= 11 is 0. The van der Waals surface area contributed by atoms with Gasteiger partial charge in [0.05, 0.1) is 6.04 Å². The molecule has 3 atom stereocenters. The monoisotopic (exact) mass is 238 g/mol. The third-order valence-corrected chi connectivity index (χ3v) is 3.94. The van der Waals surface area contributed by atoms with E-state index >= 15 is 0 Å². The molecule has 0 aromatic rings. The van der Waals surface area contributed by atoms with Gasteiger partial charge in [-0.15, -0.1) is 0 Å². The number of carbonyl (C=O) groups excluding carboxylic acids is 2. The predicted octanol–water partition coefficient (Wildman–Crippen LogP) is 1.30. The number of hydrogen-bond acceptors (Lipinski definition) is 3. The molecule has 2 rings (SSSR count). The Morgan fingerprint density at radius 2 is 1.65 bits per heavy atom. The summed E-state index contributed by atoms with van der Waals surface area (Å²) in [6.07, 6.45) is 3.00. The molecule has 0 spiro atoms. The lowest BCUT2D eigenvalue weighted by Gasteiger charge is -2.42. The SMILES string of the molecule is CC1CC(=O)N(C2CCC(C)NC2C)C(=O)C1. The Labute approximate surface area is 103 Å². The summed E-state index contributed by atoms with van der Waals surface area (Å²) in [6.45, 7) is 6.19. The van der Waals surface area contributed by atoms with Gasteiger partial charge >= 0.3 is 0 Å². The summed E-state index contributed by atoms with van der Waals surface area (Å²) in [5.41, 5.74) is 0. The van der Waals surface area contributed by atoms with E-state index in [2.05, 4.69) is 19.2 Å². The van der Waals surface area contributed by atoms with Crippen molar-refractivity contribution in [2.75, 3.05) is 0 Å². The number of nitrogens with one attached hydrogen (secondary N) is 1. The number of piperidine rings is 2. The van der Waals surface area contributed by atoms with Crippen LogP contribution >= 0.6 is 0 Å². The van der Waals surface area contributed by atoms with Gasteiger partial charge in [0.1, 0.15) is 0 Å². The van der Waals surface area contributed by atoms with Crippen LogP contribution in [0.4, 0.5) is 0 Å². The van der Waals surface area contributed by atoms with E-state index in [1.165, 1.54) is 4.90 Å². The first-order chi connectivity index (χ1) is 7.99. The Bertz CT molecular complexity index is 311. The van der Waals surface area contributed by atoms with Crippen molar-refractivity contribution in [1.29, 1.82) is 0 Å². The van der Waals surface area contributed by atoms with E-state index in [4.69, 9.17) is 0 Å². The molecule has 0 aliphatic carbocycles. The fourth-order valence-electron chi connectivity index (χ4n) is 3.04. The Morgan fingerprint density at radius 1 is 1.06 bits per heavy atom. The van der Waals surface area contributed by atoms with Crippen molar-refractivity contribution in [3.8, 4) is 0 Å². The van der Waals surface area contributed by atoms with Crippen LogP contribution < -0.4 is 5.32 Å². The van der Waals surface area contributed by atoms with Crippen molar-refractivity contribution in [1.82, 2.24) is 10.2 Å². The van der Waals surface area contributed by atoms with Crippen LogP contribution in [-0.2, 0) is 9.59 Å². The molecule has 2 saturated heterocycles. The Hall–Kier alpha value is -0.900.